The molecule has 34 heavy (non-hydrogen) atoms. The van der Waals surface area contributed by atoms with Gasteiger partial charge in [0, 0.05) is 11.1 Å². The molecule has 2 aliphatic heterocycles. The molecule has 2 aliphatic rings. The quantitative estimate of drug-likeness (QED) is 0.466. The second-order valence-electron chi connectivity index (χ2n) is 8.07. The first-order valence-corrected chi connectivity index (χ1v) is 10.8. The number of ether oxygens (including phenoxy) is 3. The monoisotopic (exact) mass is 456 g/mol. The minimum absolute atomic E-state index is 0.299. The summed E-state index contributed by atoms with van der Waals surface area (Å²) in [7, 11) is 3.27. The van der Waals surface area contributed by atoms with Crippen LogP contribution in [-0.4, -0.2) is 29.0 Å². The summed E-state index contributed by atoms with van der Waals surface area (Å²) in [4.78, 5) is 4.42. The first-order valence-electron chi connectivity index (χ1n) is 10.8. The van der Waals surface area contributed by atoms with Gasteiger partial charge in [-0.25, -0.2) is 9.07 Å². The largest absolute Gasteiger partial charge is 0.497 e. The van der Waals surface area contributed by atoms with Gasteiger partial charge in [-0.05, 0) is 53.6 Å². The minimum Gasteiger partial charge on any atom is -0.497 e. The summed E-state index contributed by atoms with van der Waals surface area (Å²) >= 11 is 0. The van der Waals surface area contributed by atoms with E-state index in [2.05, 4.69) is 15.4 Å². The zero-order valence-electron chi connectivity index (χ0n) is 18.5. The average molecular weight is 456 g/mol. The van der Waals surface area contributed by atoms with E-state index in [9.17, 15) is 4.39 Å². The number of benzene rings is 3. The van der Waals surface area contributed by atoms with Crippen LogP contribution >= 0.6 is 0 Å². The lowest BCUT2D eigenvalue weighted by Crippen LogP contribution is -2.32. The van der Waals surface area contributed by atoms with Crippen molar-refractivity contribution in [1.29, 1.82) is 0 Å². The molecule has 4 aromatic rings. The van der Waals surface area contributed by atoms with Crippen LogP contribution in [-0.2, 0) is 0 Å². The van der Waals surface area contributed by atoms with E-state index in [1.807, 2.05) is 42.5 Å². The van der Waals surface area contributed by atoms with E-state index in [1.54, 1.807) is 31.0 Å². The number of halogens is 1. The highest BCUT2D eigenvalue weighted by molar-refractivity contribution is 5.85. The Hall–Kier alpha value is -4.33. The first-order chi connectivity index (χ1) is 16.7. The van der Waals surface area contributed by atoms with Gasteiger partial charge >= 0.3 is 0 Å². The topological polar surface area (TPSA) is 70.4 Å². The number of rotatable bonds is 4. The third kappa shape index (κ3) is 3.18. The van der Waals surface area contributed by atoms with Crippen molar-refractivity contribution in [3.05, 3.63) is 101 Å². The summed E-state index contributed by atoms with van der Waals surface area (Å²) in [5.41, 5.74) is 4.50. The van der Waals surface area contributed by atoms with Gasteiger partial charge in [-0.2, -0.15) is 10.1 Å². The molecule has 0 saturated carbocycles. The van der Waals surface area contributed by atoms with Crippen LogP contribution in [0.5, 0.6) is 17.2 Å². The summed E-state index contributed by atoms with van der Waals surface area (Å²) < 4.78 is 33.0. The van der Waals surface area contributed by atoms with Crippen LogP contribution in [0.1, 0.15) is 28.8 Å². The summed E-state index contributed by atoms with van der Waals surface area (Å²) in [5.74, 6) is 2.49. The highest BCUT2D eigenvalue weighted by Crippen LogP contribution is 2.51. The molecule has 1 aromatic heterocycles. The Morgan fingerprint density at radius 3 is 2.35 bits per heavy atom. The van der Waals surface area contributed by atoms with E-state index in [0.717, 1.165) is 39.5 Å². The predicted octanol–water partition coefficient (Wildman–Crippen LogP) is 4.99. The van der Waals surface area contributed by atoms with Crippen molar-refractivity contribution in [3.8, 4) is 17.2 Å². The normalized spacial score (nSPS) is 18.2. The van der Waals surface area contributed by atoms with Gasteiger partial charge in [-0.15, -0.1) is 0 Å². The number of hydrogen-bond donors (Lipinski definition) is 1. The number of fused-ring (bicyclic) bond motifs is 3. The Morgan fingerprint density at radius 2 is 1.62 bits per heavy atom. The maximum atomic E-state index is 13.8. The van der Waals surface area contributed by atoms with Crippen LogP contribution in [0.3, 0.4) is 0 Å². The zero-order valence-corrected chi connectivity index (χ0v) is 18.5. The Balaban J connectivity index is 1.60. The fourth-order valence-electron chi connectivity index (χ4n) is 4.60. The lowest BCUT2D eigenvalue weighted by molar-refractivity contribution is 0.222. The lowest BCUT2D eigenvalue weighted by Gasteiger charge is -2.39. The van der Waals surface area contributed by atoms with Gasteiger partial charge < -0.3 is 19.5 Å². The molecule has 0 saturated heterocycles. The predicted molar refractivity (Wildman–Crippen MR) is 124 cm³/mol. The van der Waals surface area contributed by atoms with Crippen LogP contribution in [0, 0.1) is 5.82 Å². The van der Waals surface area contributed by atoms with E-state index in [0.29, 0.717) is 11.7 Å². The highest BCUT2D eigenvalue weighted by Gasteiger charge is 2.41. The Morgan fingerprint density at radius 1 is 0.912 bits per heavy atom. The van der Waals surface area contributed by atoms with Gasteiger partial charge in [-0.1, -0.05) is 24.3 Å². The van der Waals surface area contributed by atoms with Gasteiger partial charge in [0.15, 0.2) is 0 Å². The van der Waals surface area contributed by atoms with Crippen molar-refractivity contribution in [2.75, 3.05) is 19.5 Å². The number of nitrogens with zero attached hydrogens (tertiary/aromatic N) is 3. The van der Waals surface area contributed by atoms with Crippen molar-refractivity contribution < 1.29 is 18.6 Å². The molecule has 6 rings (SSSR count). The summed E-state index contributed by atoms with van der Waals surface area (Å²) in [6.45, 7) is 0. The summed E-state index contributed by atoms with van der Waals surface area (Å²) in [5, 5.41) is 7.94. The van der Waals surface area contributed by atoms with Crippen LogP contribution in [0.25, 0.3) is 5.70 Å². The van der Waals surface area contributed by atoms with Crippen LogP contribution in [0.4, 0.5) is 10.3 Å². The number of nitrogens with one attached hydrogen (secondary N) is 1. The molecular formula is C26H21FN4O3. The van der Waals surface area contributed by atoms with Gasteiger partial charge in [-0.3, -0.25) is 0 Å². The molecule has 170 valence electrons. The third-order valence-electron chi connectivity index (χ3n) is 6.23. The molecule has 3 heterocycles. The number of anilines is 1. The Bertz CT molecular complexity index is 1400. The number of methoxy groups -OCH3 is 2. The molecule has 0 spiro atoms. The maximum Gasteiger partial charge on any atom is 0.226 e. The van der Waals surface area contributed by atoms with Gasteiger partial charge in [0.2, 0.25) is 5.95 Å². The second kappa shape index (κ2) is 7.91. The number of aromatic nitrogens is 3. The Labute approximate surface area is 195 Å². The molecule has 7 nitrogen and oxygen atoms in total. The zero-order chi connectivity index (χ0) is 23.2. The molecule has 3 aromatic carbocycles. The third-order valence-corrected chi connectivity index (χ3v) is 6.23. The maximum absolute atomic E-state index is 13.8. The van der Waals surface area contributed by atoms with E-state index < -0.39 is 6.10 Å². The van der Waals surface area contributed by atoms with Crippen LogP contribution in [0.15, 0.2) is 78.6 Å². The van der Waals surface area contributed by atoms with Crippen molar-refractivity contribution >= 4 is 11.6 Å². The van der Waals surface area contributed by atoms with Crippen molar-refractivity contribution in [2.45, 2.75) is 12.1 Å². The molecular weight excluding hydrogens is 435 g/mol. The van der Waals surface area contributed by atoms with Crippen LogP contribution < -0.4 is 19.5 Å². The summed E-state index contributed by atoms with van der Waals surface area (Å²) in [6.07, 6.45) is 1.08. The molecule has 0 bridgehead atoms. The Kier molecular flexibility index (Phi) is 4.72. The summed E-state index contributed by atoms with van der Waals surface area (Å²) in [6, 6.07) is 19.6. The van der Waals surface area contributed by atoms with E-state index in [1.165, 1.54) is 18.5 Å². The molecule has 0 aliphatic carbocycles. The molecule has 8 heteroatoms. The van der Waals surface area contributed by atoms with E-state index in [4.69, 9.17) is 14.2 Å². The minimum atomic E-state index is -0.429. The van der Waals surface area contributed by atoms with Gasteiger partial charge in [0.05, 0.1) is 19.9 Å². The van der Waals surface area contributed by atoms with E-state index in [-0.39, 0.29) is 11.9 Å². The molecule has 0 fully saturated rings. The lowest BCUT2D eigenvalue weighted by atomic mass is 9.84. The number of hydrogen-bond acceptors (Lipinski definition) is 6. The SMILES string of the molecule is COc1ccc([C@@H]2Oc3ccc(OC)cc3C3=C2[C@H](c2ccc(F)cc2)n2ncnc2N3)cc1. The second-order valence-corrected chi connectivity index (χ2v) is 8.07. The highest BCUT2D eigenvalue weighted by atomic mass is 19.1. The fourth-order valence-corrected chi connectivity index (χ4v) is 4.60. The van der Waals surface area contributed by atoms with Gasteiger partial charge in [0.25, 0.3) is 0 Å². The van der Waals surface area contributed by atoms with Crippen molar-refractivity contribution in [2.24, 2.45) is 0 Å². The molecule has 2 atom stereocenters. The molecule has 0 radical (unpaired) electrons. The average Bonchev–Trinajstić information content (AvgIpc) is 3.36. The fraction of sp³-hybridized carbons (Fsp3) is 0.154. The van der Waals surface area contributed by atoms with Crippen LogP contribution in [0.2, 0.25) is 0 Å². The molecule has 0 amide bonds. The molecule has 1 N–H and O–H groups in total. The van der Waals surface area contributed by atoms with Gasteiger partial charge in [0.1, 0.15) is 41.5 Å². The molecule has 0 unspecified atom stereocenters. The standard InChI is InChI=1S/C26H21FN4O3/c1-32-18-9-5-16(6-10-18)25-22-23(20-13-19(33-2)11-12-21(20)34-25)30-26-28-14-29-31(26)24(22)15-3-7-17(27)8-4-15/h3-14,24-25H,1-2H3,(H,28,29,30)/t24-,25-/m0/s1. The van der Waals surface area contributed by atoms with E-state index >= 15 is 0 Å². The van der Waals surface area contributed by atoms with Crippen molar-refractivity contribution in [3.63, 3.8) is 0 Å². The smallest absolute Gasteiger partial charge is 0.226 e. The first kappa shape index (κ1) is 20.3. The van der Waals surface area contributed by atoms with Crippen molar-refractivity contribution in [1.82, 2.24) is 14.8 Å².